The normalized spacial score (nSPS) is 14.1. The number of ether oxygens (including phenoxy) is 1. The molecule has 0 bridgehead atoms. The van der Waals surface area contributed by atoms with Crippen molar-refractivity contribution in [3.05, 3.63) is 28.0 Å². The molecule has 2 atom stereocenters. The van der Waals surface area contributed by atoms with Gasteiger partial charge in [0, 0.05) is 10.2 Å². The summed E-state index contributed by atoms with van der Waals surface area (Å²) < 4.78 is 9.73. The molecular weight excluding hydrogens is 358 g/mol. The lowest BCUT2D eigenvalue weighted by Crippen LogP contribution is -2.34. The van der Waals surface area contributed by atoms with Gasteiger partial charge in [-0.1, -0.05) is 46.5 Å². The molecule has 0 radical (unpaired) electrons. The van der Waals surface area contributed by atoms with Crippen LogP contribution in [-0.2, 0) is 4.74 Å². The molecule has 26 heavy (non-hydrogen) atoms. The zero-order valence-corrected chi connectivity index (χ0v) is 16.5. The largest absolute Gasteiger partial charge is 0.443 e. The number of furan rings is 1. The average molecular weight is 383 g/mol. The highest BCUT2D eigenvalue weighted by Gasteiger charge is 2.32. The molecule has 1 aromatic rings. The second kappa shape index (κ2) is 8.60. The van der Waals surface area contributed by atoms with Gasteiger partial charge in [-0.15, -0.1) is 0 Å². The van der Waals surface area contributed by atoms with Crippen LogP contribution in [0.4, 0.5) is 5.88 Å². The van der Waals surface area contributed by atoms with Crippen molar-refractivity contribution >= 4 is 24.5 Å². The Balaban J connectivity index is 2.79. The Morgan fingerprint density at radius 2 is 2.00 bits per heavy atom. The van der Waals surface area contributed by atoms with E-state index in [4.69, 9.17) is 9.15 Å². The van der Waals surface area contributed by atoms with Gasteiger partial charge >= 0.3 is 11.9 Å². The maximum atomic E-state index is 12.0. The molecule has 1 heterocycles. The van der Waals surface area contributed by atoms with Crippen LogP contribution >= 0.6 is 12.6 Å². The maximum absolute atomic E-state index is 12.0. The highest BCUT2D eigenvalue weighted by atomic mass is 32.1. The van der Waals surface area contributed by atoms with Gasteiger partial charge in [-0.05, 0) is 18.9 Å². The molecule has 0 saturated carbocycles. The summed E-state index contributed by atoms with van der Waals surface area (Å²) in [6.07, 6.45) is -0.661. The SMILES string of the molecule is CCC(C#CC(O)C(C)(C)CC(C)(C)S)OC(=O)c1ccc([N+](=O)[O-])o1. The molecule has 0 aromatic carbocycles. The Bertz CT molecular complexity index is 707. The average Bonchev–Trinajstić information content (AvgIpc) is 2.98. The molecule has 0 saturated heterocycles. The first-order chi connectivity index (χ1) is 11.9. The number of aliphatic hydroxyl groups excluding tert-OH is 1. The van der Waals surface area contributed by atoms with Crippen molar-refractivity contribution in [3.63, 3.8) is 0 Å². The zero-order chi connectivity index (χ0) is 20.1. The molecule has 1 rings (SSSR count). The third kappa shape index (κ3) is 6.73. The summed E-state index contributed by atoms with van der Waals surface area (Å²) in [5.41, 5.74) is -0.498. The fourth-order valence-corrected chi connectivity index (χ4v) is 2.92. The summed E-state index contributed by atoms with van der Waals surface area (Å²) in [5, 5.41) is 20.9. The third-order valence-electron chi connectivity index (χ3n) is 3.60. The monoisotopic (exact) mass is 383 g/mol. The van der Waals surface area contributed by atoms with Crippen molar-refractivity contribution in [2.45, 2.75) is 64.4 Å². The molecule has 8 heteroatoms. The molecule has 1 N–H and O–H groups in total. The minimum atomic E-state index is -0.925. The lowest BCUT2D eigenvalue weighted by atomic mass is 9.79. The molecular formula is C18H25NO6S. The highest BCUT2D eigenvalue weighted by molar-refractivity contribution is 7.81. The van der Waals surface area contributed by atoms with E-state index in [1.54, 1.807) is 6.92 Å². The van der Waals surface area contributed by atoms with Crippen LogP contribution in [0, 0.1) is 27.4 Å². The summed E-state index contributed by atoms with van der Waals surface area (Å²) in [5.74, 6) is 3.83. The molecule has 0 amide bonds. The minimum Gasteiger partial charge on any atom is -0.443 e. The van der Waals surface area contributed by atoms with E-state index in [-0.39, 0.29) is 10.5 Å². The van der Waals surface area contributed by atoms with Crippen molar-refractivity contribution in [3.8, 4) is 11.8 Å². The summed E-state index contributed by atoms with van der Waals surface area (Å²) >= 11 is 4.48. The van der Waals surface area contributed by atoms with E-state index in [9.17, 15) is 20.0 Å². The Kier molecular flexibility index (Phi) is 7.30. The molecule has 0 aliphatic heterocycles. The summed E-state index contributed by atoms with van der Waals surface area (Å²) in [4.78, 5) is 21.8. The van der Waals surface area contributed by atoms with E-state index >= 15 is 0 Å². The Hall–Kier alpha value is -1.98. The first-order valence-electron chi connectivity index (χ1n) is 8.22. The highest BCUT2D eigenvalue weighted by Crippen LogP contribution is 2.34. The number of carbonyl (C=O) groups excluding carboxylic acids is 1. The first-order valence-corrected chi connectivity index (χ1v) is 8.67. The number of aliphatic hydroxyl groups is 1. The van der Waals surface area contributed by atoms with Crippen LogP contribution in [0.5, 0.6) is 0 Å². The van der Waals surface area contributed by atoms with Gasteiger partial charge in [-0.2, -0.15) is 12.6 Å². The minimum absolute atomic E-state index is 0.267. The van der Waals surface area contributed by atoms with E-state index < -0.39 is 34.4 Å². The van der Waals surface area contributed by atoms with Gasteiger partial charge in [0.1, 0.15) is 11.0 Å². The van der Waals surface area contributed by atoms with Crippen molar-refractivity contribution in [1.29, 1.82) is 0 Å². The predicted molar refractivity (Wildman–Crippen MR) is 100 cm³/mol. The Labute approximate surface area is 158 Å². The topological polar surface area (TPSA) is 103 Å². The quantitative estimate of drug-likeness (QED) is 0.245. The van der Waals surface area contributed by atoms with Crippen LogP contribution in [0.2, 0.25) is 0 Å². The van der Waals surface area contributed by atoms with Gasteiger partial charge in [-0.3, -0.25) is 10.1 Å². The number of carbonyl (C=O) groups is 1. The van der Waals surface area contributed by atoms with E-state index in [0.717, 1.165) is 6.07 Å². The number of hydrogen-bond acceptors (Lipinski definition) is 7. The van der Waals surface area contributed by atoms with Crippen LogP contribution < -0.4 is 0 Å². The number of rotatable bonds is 7. The summed E-state index contributed by atoms with van der Waals surface area (Å²) in [6.45, 7) is 9.46. The molecule has 0 aliphatic rings. The number of thiol groups is 1. The number of hydrogen-bond donors (Lipinski definition) is 2. The Morgan fingerprint density at radius 3 is 2.46 bits per heavy atom. The van der Waals surface area contributed by atoms with Crippen LogP contribution in [0.25, 0.3) is 0 Å². The molecule has 1 aromatic heterocycles. The molecule has 7 nitrogen and oxygen atoms in total. The first kappa shape index (κ1) is 22.1. The van der Waals surface area contributed by atoms with Gasteiger partial charge in [-0.25, -0.2) is 4.79 Å². The second-order valence-corrected chi connectivity index (χ2v) is 8.58. The zero-order valence-electron chi connectivity index (χ0n) is 15.6. The molecule has 0 spiro atoms. The number of nitrogens with zero attached hydrogens (tertiary/aromatic N) is 1. The standard InChI is InChI=1S/C18H25NO6S/c1-6-12(7-9-14(20)17(2,3)11-18(4,5)26)24-16(21)13-8-10-15(25-13)19(22)23/h8,10,12,14,20,26H,6,11H2,1-5H3. The molecule has 2 unspecified atom stereocenters. The van der Waals surface area contributed by atoms with E-state index in [0.29, 0.717) is 12.8 Å². The lowest BCUT2D eigenvalue weighted by Gasteiger charge is -2.33. The predicted octanol–water partition coefficient (Wildman–Crippen LogP) is 3.61. The van der Waals surface area contributed by atoms with Crippen LogP contribution in [0.3, 0.4) is 0 Å². The van der Waals surface area contributed by atoms with Crippen LogP contribution in [0.1, 0.15) is 58.0 Å². The molecule has 0 aliphatic carbocycles. The fourth-order valence-electron chi connectivity index (χ4n) is 2.52. The van der Waals surface area contributed by atoms with Gasteiger partial charge in [0.2, 0.25) is 5.76 Å². The molecule has 0 fully saturated rings. The summed E-state index contributed by atoms with van der Waals surface area (Å²) in [7, 11) is 0. The van der Waals surface area contributed by atoms with Crippen LogP contribution in [-0.4, -0.2) is 33.0 Å². The fraction of sp³-hybridized carbons (Fsp3) is 0.611. The van der Waals surface area contributed by atoms with Gasteiger partial charge in [0.15, 0.2) is 6.10 Å². The van der Waals surface area contributed by atoms with E-state index in [1.807, 2.05) is 27.7 Å². The maximum Gasteiger partial charge on any atom is 0.433 e. The van der Waals surface area contributed by atoms with Crippen LogP contribution in [0.15, 0.2) is 16.5 Å². The van der Waals surface area contributed by atoms with Gasteiger partial charge < -0.3 is 14.3 Å². The lowest BCUT2D eigenvalue weighted by molar-refractivity contribution is -0.402. The van der Waals surface area contributed by atoms with Gasteiger partial charge in [0.05, 0.1) is 6.07 Å². The number of nitro groups is 1. The summed E-state index contributed by atoms with van der Waals surface area (Å²) in [6, 6.07) is 2.25. The van der Waals surface area contributed by atoms with Crippen molar-refractivity contribution in [2.24, 2.45) is 5.41 Å². The van der Waals surface area contributed by atoms with E-state index in [1.165, 1.54) is 6.07 Å². The Morgan fingerprint density at radius 1 is 1.38 bits per heavy atom. The van der Waals surface area contributed by atoms with Gasteiger partial charge in [0.25, 0.3) is 0 Å². The van der Waals surface area contributed by atoms with E-state index in [2.05, 4.69) is 24.5 Å². The van der Waals surface area contributed by atoms with Crippen molar-refractivity contribution in [2.75, 3.05) is 0 Å². The van der Waals surface area contributed by atoms with Crippen molar-refractivity contribution < 1.29 is 24.0 Å². The van der Waals surface area contributed by atoms with Crippen molar-refractivity contribution in [1.82, 2.24) is 0 Å². The smallest absolute Gasteiger partial charge is 0.433 e. The second-order valence-electron chi connectivity index (χ2n) is 7.37. The molecule has 144 valence electrons. The number of esters is 1. The third-order valence-corrected chi connectivity index (χ3v) is 3.76.